The molecular weight excluding hydrogens is 497 g/mol. The van der Waals surface area contributed by atoms with Gasteiger partial charge in [-0.2, -0.15) is 5.10 Å². The molecule has 0 bridgehead atoms. The standard InChI is InChI=1S/C27H23ClFN5O3/c28-21-14-22(29)20(23-10-4-5-11-30-23)13-19(21)26(36)31-25-15-24(27(37)33-12-6-9-18(33)16-35)32-34(25)17-7-2-1-3-8-17/h1-5,7-8,10-11,13-15,18,35H,6,9,12,16H2,(H,31,36)/t18-/m0/s1. The molecule has 1 saturated heterocycles. The third-order valence-corrected chi connectivity index (χ3v) is 6.57. The fourth-order valence-electron chi connectivity index (χ4n) is 4.41. The first-order chi connectivity index (χ1) is 18.0. The average molecular weight is 520 g/mol. The number of anilines is 1. The van der Waals surface area contributed by atoms with Gasteiger partial charge in [0.2, 0.25) is 0 Å². The largest absolute Gasteiger partial charge is 0.394 e. The molecule has 0 saturated carbocycles. The maximum absolute atomic E-state index is 14.7. The number of aromatic nitrogens is 3. The fourth-order valence-corrected chi connectivity index (χ4v) is 4.64. The Morgan fingerprint density at radius 3 is 2.62 bits per heavy atom. The number of benzene rings is 2. The van der Waals surface area contributed by atoms with E-state index in [4.69, 9.17) is 11.6 Å². The lowest BCUT2D eigenvalue weighted by molar-refractivity contribution is 0.0671. The van der Waals surface area contributed by atoms with Gasteiger partial charge in [0.05, 0.1) is 34.6 Å². The van der Waals surface area contributed by atoms with Crippen LogP contribution < -0.4 is 5.32 Å². The summed E-state index contributed by atoms with van der Waals surface area (Å²) in [5, 5.41) is 16.8. The lowest BCUT2D eigenvalue weighted by atomic mass is 10.1. The number of hydrogen-bond donors (Lipinski definition) is 2. The van der Waals surface area contributed by atoms with Gasteiger partial charge in [-0.15, -0.1) is 0 Å². The number of aliphatic hydroxyl groups is 1. The number of hydrogen-bond acceptors (Lipinski definition) is 5. The molecule has 2 amide bonds. The van der Waals surface area contributed by atoms with E-state index in [2.05, 4.69) is 15.4 Å². The number of likely N-dealkylation sites (tertiary alicyclic amines) is 1. The predicted octanol–water partition coefficient (Wildman–Crippen LogP) is 4.58. The van der Waals surface area contributed by atoms with Crippen molar-refractivity contribution in [2.24, 2.45) is 0 Å². The smallest absolute Gasteiger partial charge is 0.274 e. The number of halogens is 2. The van der Waals surface area contributed by atoms with Crippen LogP contribution in [0.25, 0.3) is 16.9 Å². The Hall–Kier alpha value is -4.08. The molecule has 2 N–H and O–H groups in total. The average Bonchev–Trinajstić information content (AvgIpc) is 3.56. The Bertz CT molecular complexity index is 1450. The molecular formula is C27H23ClFN5O3. The molecule has 0 radical (unpaired) electrons. The minimum Gasteiger partial charge on any atom is -0.394 e. The van der Waals surface area contributed by atoms with Crippen molar-refractivity contribution >= 4 is 29.2 Å². The number of rotatable bonds is 6. The molecule has 188 valence electrons. The third kappa shape index (κ3) is 4.96. The van der Waals surface area contributed by atoms with E-state index in [0.29, 0.717) is 24.3 Å². The SMILES string of the molecule is O=C(Nc1cc(C(=O)N2CCC[C@H]2CO)nn1-c1ccccc1)c1cc(-c2ccccn2)c(F)cc1Cl. The zero-order valence-electron chi connectivity index (χ0n) is 19.6. The second-order valence-electron chi connectivity index (χ2n) is 8.62. The van der Waals surface area contributed by atoms with Crippen molar-refractivity contribution in [3.05, 3.63) is 95.0 Å². The highest BCUT2D eigenvalue weighted by molar-refractivity contribution is 6.34. The molecule has 0 unspecified atom stereocenters. The van der Waals surface area contributed by atoms with E-state index in [0.717, 1.165) is 12.5 Å². The van der Waals surface area contributed by atoms with Gasteiger partial charge in [-0.3, -0.25) is 14.6 Å². The summed E-state index contributed by atoms with van der Waals surface area (Å²) in [5.74, 6) is -1.31. The predicted molar refractivity (Wildman–Crippen MR) is 137 cm³/mol. The van der Waals surface area contributed by atoms with Crippen molar-refractivity contribution in [3.8, 4) is 16.9 Å². The molecule has 1 aliphatic rings. The molecule has 10 heteroatoms. The van der Waals surface area contributed by atoms with Crippen molar-refractivity contribution in [1.82, 2.24) is 19.7 Å². The number of para-hydroxylation sites is 1. The number of carbonyl (C=O) groups is 2. The van der Waals surface area contributed by atoms with Gasteiger partial charge >= 0.3 is 0 Å². The normalized spacial score (nSPS) is 15.1. The van der Waals surface area contributed by atoms with Crippen molar-refractivity contribution in [1.29, 1.82) is 0 Å². The number of aliphatic hydroxyl groups excluding tert-OH is 1. The first-order valence-electron chi connectivity index (χ1n) is 11.8. The summed E-state index contributed by atoms with van der Waals surface area (Å²) in [5.41, 5.74) is 1.27. The summed E-state index contributed by atoms with van der Waals surface area (Å²) in [7, 11) is 0. The Balaban J connectivity index is 1.51. The maximum atomic E-state index is 14.7. The lowest BCUT2D eigenvalue weighted by Gasteiger charge is -2.21. The van der Waals surface area contributed by atoms with Crippen molar-refractivity contribution in [2.75, 3.05) is 18.5 Å². The van der Waals surface area contributed by atoms with E-state index >= 15 is 0 Å². The van der Waals surface area contributed by atoms with Gasteiger partial charge in [-0.1, -0.05) is 35.9 Å². The van der Waals surface area contributed by atoms with E-state index in [1.807, 2.05) is 18.2 Å². The van der Waals surface area contributed by atoms with E-state index in [9.17, 15) is 19.1 Å². The first-order valence-corrected chi connectivity index (χ1v) is 12.1. The van der Waals surface area contributed by atoms with E-state index in [-0.39, 0.29) is 46.2 Å². The highest BCUT2D eigenvalue weighted by atomic mass is 35.5. The van der Waals surface area contributed by atoms with Crippen molar-refractivity contribution in [2.45, 2.75) is 18.9 Å². The van der Waals surface area contributed by atoms with Crippen LogP contribution in [-0.4, -0.2) is 55.8 Å². The van der Waals surface area contributed by atoms with Gasteiger partial charge in [0.15, 0.2) is 5.69 Å². The summed E-state index contributed by atoms with van der Waals surface area (Å²) in [6, 6.07) is 17.7. The number of nitrogens with zero attached hydrogens (tertiary/aromatic N) is 4. The van der Waals surface area contributed by atoms with Crippen LogP contribution in [0.4, 0.5) is 10.2 Å². The highest BCUT2D eigenvalue weighted by Gasteiger charge is 2.31. The molecule has 37 heavy (non-hydrogen) atoms. The zero-order chi connectivity index (χ0) is 25.9. The Labute approximate surface area is 217 Å². The summed E-state index contributed by atoms with van der Waals surface area (Å²) < 4.78 is 16.1. The van der Waals surface area contributed by atoms with Gasteiger partial charge in [0, 0.05) is 24.4 Å². The van der Waals surface area contributed by atoms with Crippen molar-refractivity contribution < 1.29 is 19.1 Å². The van der Waals surface area contributed by atoms with Crippen LogP contribution in [0.5, 0.6) is 0 Å². The second kappa shape index (κ2) is 10.5. The Morgan fingerprint density at radius 1 is 1.11 bits per heavy atom. The van der Waals surface area contributed by atoms with Crippen LogP contribution >= 0.6 is 11.6 Å². The molecule has 2 aromatic carbocycles. The summed E-state index contributed by atoms with van der Waals surface area (Å²) in [6.07, 6.45) is 3.04. The first kappa shape index (κ1) is 24.6. The molecule has 1 atom stereocenters. The second-order valence-corrected chi connectivity index (χ2v) is 9.03. The third-order valence-electron chi connectivity index (χ3n) is 6.26. The zero-order valence-corrected chi connectivity index (χ0v) is 20.4. The van der Waals surface area contributed by atoms with Gasteiger partial charge < -0.3 is 15.3 Å². The van der Waals surface area contributed by atoms with Crippen LogP contribution in [0, 0.1) is 5.82 Å². The highest BCUT2D eigenvalue weighted by Crippen LogP contribution is 2.29. The van der Waals surface area contributed by atoms with E-state index in [1.54, 1.807) is 35.2 Å². The van der Waals surface area contributed by atoms with Crippen molar-refractivity contribution in [3.63, 3.8) is 0 Å². The molecule has 5 rings (SSSR count). The van der Waals surface area contributed by atoms with E-state index < -0.39 is 11.7 Å². The van der Waals surface area contributed by atoms with Gasteiger partial charge in [-0.25, -0.2) is 9.07 Å². The quantitative estimate of drug-likeness (QED) is 0.388. The summed E-state index contributed by atoms with van der Waals surface area (Å²) in [4.78, 5) is 32.3. The van der Waals surface area contributed by atoms with Crippen LogP contribution in [0.15, 0.2) is 72.9 Å². The topological polar surface area (TPSA) is 100 Å². The maximum Gasteiger partial charge on any atom is 0.274 e. The van der Waals surface area contributed by atoms with Crippen LogP contribution in [0.3, 0.4) is 0 Å². The van der Waals surface area contributed by atoms with Gasteiger partial charge in [0.1, 0.15) is 11.6 Å². The molecule has 8 nitrogen and oxygen atoms in total. The minimum atomic E-state index is -0.605. The van der Waals surface area contributed by atoms with E-state index in [1.165, 1.54) is 23.0 Å². The molecule has 0 aliphatic carbocycles. The molecule has 3 heterocycles. The van der Waals surface area contributed by atoms with Gasteiger partial charge in [0.25, 0.3) is 11.8 Å². The number of amides is 2. The fraction of sp³-hybridized carbons (Fsp3) is 0.185. The molecule has 1 fully saturated rings. The van der Waals surface area contributed by atoms with Crippen LogP contribution in [-0.2, 0) is 0 Å². The summed E-state index contributed by atoms with van der Waals surface area (Å²) >= 11 is 6.25. The Morgan fingerprint density at radius 2 is 1.89 bits per heavy atom. The van der Waals surface area contributed by atoms with Gasteiger partial charge in [-0.05, 0) is 49.2 Å². The molecule has 4 aromatic rings. The molecule has 0 spiro atoms. The Kier molecular flexibility index (Phi) is 6.98. The minimum absolute atomic E-state index is 0.0392. The number of carbonyl (C=O) groups excluding carboxylic acids is 2. The number of nitrogens with one attached hydrogen (secondary N) is 1. The molecule has 2 aromatic heterocycles. The summed E-state index contributed by atoms with van der Waals surface area (Å²) in [6.45, 7) is 0.391. The molecule has 1 aliphatic heterocycles. The number of pyridine rings is 1. The van der Waals surface area contributed by atoms with Crippen LogP contribution in [0.2, 0.25) is 5.02 Å². The lowest BCUT2D eigenvalue weighted by Crippen LogP contribution is -2.37. The monoisotopic (exact) mass is 519 g/mol. The van der Waals surface area contributed by atoms with Crippen LogP contribution in [0.1, 0.15) is 33.7 Å².